The van der Waals surface area contributed by atoms with Crippen molar-refractivity contribution in [1.82, 2.24) is 0 Å². The summed E-state index contributed by atoms with van der Waals surface area (Å²) in [5, 5.41) is 7.76. The number of hydrogen-bond acceptors (Lipinski definition) is 2. The predicted octanol–water partition coefficient (Wildman–Crippen LogP) is 3.75. The zero-order valence-corrected chi connectivity index (χ0v) is 13.0. The molecule has 1 saturated heterocycles. The highest BCUT2D eigenvalue weighted by atomic mass is 79.9. The first-order valence-electron chi connectivity index (χ1n) is 7.01. The van der Waals surface area contributed by atoms with Crippen LogP contribution in [-0.4, -0.2) is 18.9 Å². The van der Waals surface area contributed by atoms with Gasteiger partial charge in [-0.05, 0) is 46.8 Å². The average molecular weight is 324 g/mol. The van der Waals surface area contributed by atoms with Crippen LogP contribution >= 0.6 is 15.9 Å². The summed E-state index contributed by atoms with van der Waals surface area (Å²) in [5.41, 5.74) is 7.65. The molecule has 0 amide bonds. The Hall–Kier alpha value is -1.03. The number of amidine groups is 1. The monoisotopic (exact) mass is 323 g/mol. The minimum atomic E-state index is 0.137. The largest absolute Gasteiger partial charge is 0.384 e. The zero-order chi connectivity index (χ0) is 13.8. The molecule has 0 spiro atoms. The van der Waals surface area contributed by atoms with Gasteiger partial charge in [0.25, 0.3) is 0 Å². The van der Waals surface area contributed by atoms with Gasteiger partial charge >= 0.3 is 0 Å². The van der Waals surface area contributed by atoms with E-state index in [0.29, 0.717) is 0 Å². The summed E-state index contributed by atoms with van der Waals surface area (Å²) in [6.07, 6.45) is 5.11. The molecule has 1 fully saturated rings. The molecular formula is C15H22BrN3. The van der Waals surface area contributed by atoms with Crippen molar-refractivity contribution in [2.45, 2.75) is 32.6 Å². The van der Waals surface area contributed by atoms with Crippen molar-refractivity contribution < 1.29 is 0 Å². The van der Waals surface area contributed by atoms with E-state index in [9.17, 15) is 0 Å². The molecule has 0 unspecified atom stereocenters. The molecule has 0 saturated carbocycles. The molecule has 1 aromatic rings. The molecule has 4 heteroatoms. The van der Waals surface area contributed by atoms with Crippen molar-refractivity contribution in [2.24, 2.45) is 11.7 Å². The Kier molecular flexibility index (Phi) is 4.86. The molecule has 1 aliphatic heterocycles. The third kappa shape index (κ3) is 3.30. The first-order chi connectivity index (χ1) is 9.13. The molecule has 3 N–H and O–H groups in total. The SMILES string of the molecule is CCCC1CCN(c2cccc(Br)c2C(=N)N)CC1. The minimum absolute atomic E-state index is 0.137. The lowest BCUT2D eigenvalue weighted by molar-refractivity contribution is 0.378. The molecule has 104 valence electrons. The van der Waals surface area contributed by atoms with Crippen LogP contribution in [0.2, 0.25) is 0 Å². The van der Waals surface area contributed by atoms with Gasteiger partial charge in [-0.3, -0.25) is 5.41 Å². The van der Waals surface area contributed by atoms with E-state index < -0.39 is 0 Å². The van der Waals surface area contributed by atoms with Crippen molar-refractivity contribution >= 4 is 27.5 Å². The quantitative estimate of drug-likeness (QED) is 0.655. The lowest BCUT2D eigenvalue weighted by Crippen LogP contribution is -2.35. The topological polar surface area (TPSA) is 53.1 Å². The smallest absolute Gasteiger partial charge is 0.126 e. The van der Waals surface area contributed by atoms with Crippen LogP contribution in [0.15, 0.2) is 22.7 Å². The second-order valence-electron chi connectivity index (χ2n) is 5.27. The van der Waals surface area contributed by atoms with Gasteiger partial charge in [-0.1, -0.05) is 25.8 Å². The van der Waals surface area contributed by atoms with E-state index >= 15 is 0 Å². The summed E-state index contributed by atoms with van der Waals surface area (Å²) in [7, 11) is 0. The highest BCUT2D eigenvalue weighted by Crippen LogP contribution is 2.31. The van der Waals surface area contributed by atoms with Crippen molar-refractivity contribution in [3.8, 4) is 0 Å². The van der Waals surface area contributed by atoms with Gasteiger partial charge in [-0.15, -0.1) is 0 Å². The van der Waals surface area contributed by atoms with Crippen LogP contribution in [0.3, 0.4) is 0 Å². The van der Waals surface area contributed by atoms with Gasteiger partial charge < -0.3 is 10.6 Å². The van der Waals surface area contributed by atoms with Crippen LogP contribution in [0.4, 0.5) is 5.69 Å². The normalized spacial score (nSPS) is 16.6. The summed E-state index contributed by atoms with van der Waals surface area (Å²) in [6, 6.07) is 6.04. The van der Waals surface area contributed by atoms with Crippen molar-refractivity contribution in [2.75, 3.05) is 18.0 Å². The molecule has 0 bridgehead atoms. The van der Waals surface area contributed by atoms with Crippen LogP contribution in [0, 0.1) is 11.3 Å². The predicted molar refractivity (Wildman–Crippen MR) is 85.0 cm³/mol. The Balaban J connectivity index is 2.15. The molecule has 0 radical (unpaired) electrons. The fourth-order valence-electron chi connectivity index (χ4n) is 2.91. The van der Waals surface area contributed by atoms with Gasteiger partial charge in [-0.25, -0.2) is 0 Å². The van der Waals surface area contributed by atoms with E-state index in [1.807, 2.05) is 12.1 Å². The van der Waals surface area contributed by atoms with E-state index in [1.54, 1.807) is 0 Å². The summed E-state index contributed by atoms with van der Waals surface area (Å²) in [6.45, 7) is 4.40. The molecule has 2 rings (SSSR count). The van der Waals surface area contributed by atoms with E-state index in [2.05, 4.69) is 33.8 Å². The highest BCUT2D eigenvalue weighted by Gasteiger charge is 2.22. The molecule has 0 atom stereocenters. The van der Waals surface area contributed by atoms with Crippen molar-refractivity contribution in [3.63, 3.8) is 0 Å². The zero-order valence-electron chi connectivity index (χ0n) is 11.5. The number of halogens is 1. The molecule has 19 heavy (non-hydrogen) atoms. The Morgan fingerprint density at radius 3 is 2.68 bits per heavy atom. The number of nitrogens with zero attached hydrogens (tertiary/aromatic N) is 1. The van der Waals surface area contributed by atoms with Gasteiger partial charge in [0.1, 0.15) is 5.84 Å². The molecule has 0 aliphatic carbocycles. The number of rotatable bonds is 4. The Labute approximate surface area is 123 Å². The second-order valence-corrected chi connectivity index (χ2v) is 6.12. The standard InChI is InChI=1S/C15H22BrN3/c1-2-4-11-7-9-19(10-8-11)13-6-3-5-12(16)14(13)15(17)18/h3,5-6,11H,2,4,7-10H2,1H3,(H3,17,18). The van der Waals surface area contributed by atoms with Gasteiger partial charge in [0.2, 0.25) is 0 Å². The molecule has 0 aromatic heterocycles. The van der Waals surface area contributed by atoms with Crippen molar-refractivity contribution in [1.29, 1.82) is 5.41 Å². The molecule has 1 aliphatic rings. The average Bonchev–Trinajstić information content (AvgIpc) is 2.39. The van der Waals surface area contributed by atoms with Crippen LogP contribution in [0.5, 0.6) is 0 Å². The lowest BCUT2D eigenvalue weighted by atomic mass is 9.92. The van der Waals surface area contributed by atoms with E-state index in [0.717, 1.165) is 34.7 Å². The summed E-state index contributed by atoms with van der Waals surface area (Å²) in [5.74, 6) is 1.01. The van der Waals surface area contributed by atoms with E-state index in [-0.39, 0.29) is 5.84 Å². The van der Waals surface area contributed by atoms with Gasteiger partial charge in [-0.2, -0.15) is 0 Å². The maximum Gasteiger partial charge on any atom is 0.126 e. The minimum Gasteiger partial charge on any atom is -0.384 e. The van der Waals surface area contributed by atoms with Crippen molar-refractivity contribution in [3.05, 3.63) is 28.2 Å². The van der Waals surface area contributed by atoms with Crippen LogP contribution in [0.1, 0.15) is 38.2 Å². The molecule has 3 nitrogen and oxygen atoms in total. The fraction of sp³-hybridized carbons (Fsp3) is 0.533. The third-order valence-electron chi connectivity index (χ3n) is 3.91. The van der Waals surface area contributed by atoms with Crippen LogP contribution in [0.25, 0.3) is 0 Å². The third-order valence-corrected chi connectivity index (χ3v) is 4.57. The van der Waals surface area contributed by atoms with E-state index in [1.165, 1.54) is 25.7 Å². The molecule has 1 aromatic carbocycles. The van der Waals surface area contributed by atoms with E-state index in [4.69, 9.17) is 11.1 Å². The maximum absolute atomic E-state index is 7.76. The van der Waals surface area contributed by atoms with Gasteiger partial charge in [0.05, 0.1) is 5.56 Å². The number of nitrogen functional groups attached to an aromatic ring is 1. The summed E-state index contributed by atoms with van der Waals surface area (Å²) < 4.78 is 0.910. The van der Waals surface area contributed by atoms with Gasteiger partial charge in [0, 0.05) is 23.2 Å². The number of piperidine rings is 1. The van der Waals surface area contributed by atoms with Crippen LogP contribution < -0.4 is 10.6 Å². The number of benzene rings is 1. The Morgan fingerprint density at radius 2 is 2.11 bits per heavy atom. The fourth-order valence-corrected chi connectivity index (χ4v) is 3.48. The summed E-state index contributed by atoms with van der Waals surface area (Å²) >= 11 is 3.50. The van der Waals surface area contributed by atoms with Crippen LogP contribution in [-0.2, 0) is 0 Å². The number of nitrogens with one attached hydrogen (secondary N) is 1. The first-order valence-corrected chi connectivity index (χ1v) is 7.80. The maximum atomic E-state index is 7.76. The number of nitrogens with two attached hydrogens (primary N) is 1. The lowest BCUT2D eigenvalue weighted by Gasteiger charge is -2.34. The molecule has 1 heterocycles. The number of anilines is 1. The number of hydrogen-bond donors (Lipinski definition) is 2. The molecular weight excluding hydrogens is 302 g/mol. The highest BCUT2D eigenvalue weighted by molar-refractivity contribution is 9.10. The Bertz CT molecular complexity index is 451. The Morgan fingerprint density at radius 1 is 1.42 bits per heavy atom. The second kappa shape index (κ2) is 6.42. The first kappa shape index (κ1) is 14.4. The summed E-state index contributed by atoms with van der Waals surface area (Å²) in [4.78, 5) is 2.37. The van der Waals surface area contributed by atoms with Gasteiger partial charge in [0.15, 0.2) is 0 Å².